The number of hydrogen-bond acceptors (Lipinski definition) is 4. The van der Waals surface area contributed by atoms with Gasteiger partial charge < -0.3 is 14.6 Å². The average Bonchev–Trinajstić information content (AvgIpc) is 2.47. The first-order valence-electron chi connectivity index (χ1n) is 6.55. The van der Waals surface area contributed by atoms with E-state index >= 15 is 0 Å². The van der Waals surface area contributed by atoms with Gasteiger partial charge in [-0.3, -0.25) is 0 Å². The van der Waals surface area contributed by atoms with Crippen molar-refractivity contribution < 1.29 is 19.4 Å². The van der Waals surface area contributed by atoms with Crippen LogP contribution in [0.4, 0.5) is 0 Å². The van der Waals surface area contributed by atoms with Gasteiger partial charge in [-0.05, 0) is 48.9 Å². The van der Waals surface area contributed by atoms with E-state index in [0.717, 1.165) is 26.9 Å². The summed E-state index contributed by atoms with van der Waals surface area (Å²) in [6.07, 6.45) is 0. The molecule has 4 nitrogen and oxygen atoms in total. The highest BCUT2D eigenvalue weighted by atomic mass is 32.2. The fourth-order valence-corrected chi connectivity index (χ4v) is 3.11. The smallest absolute Gasteiger partial charge is 0.335 e. The number of carboxylic acids is 1. The van der Waals surface area contributed by atoms with Gasteiger partial charge in [-0.2, -0.15) is 0 Å². The molecule has 0 aromatic heterocycles. The molecule has 2 aromatic rings. The molecule has 5 heteroatoms. The van der Waals surface area contributed by atoms with E-state index in [0.29, 0.717) is 18.8 Å². The van der Waals surface area contributed by atoms with Crippen LogP contribution in [0.1, 0.15) is 15.9 Å². The number of hydrogen-bond donors (Lipinski definition) is 1. The van der Waals surface area contributed by atoms with Crippen molar-refractivity contribution in [3.05, 3.63) is 47.5 Å². The number of carbonyl (C=O) groups is 1. The van der Waals surface area contributed by atoms with Crippen molar-refractivity contribution in [2.45, 2.75) is 16.7 Å². The third-order valence-corrected chi connectivity index (χ3v) is 4.16. The minimum absolute atomic E-state index is 0.335. The molecule has 108 valence electrons. The second-order valence-electron chi connectivity index (χ2n) is 4.69. The molecule has 0 unspecified atom stereocenters. The molecule has 1 aliphatic rings. The lowest BCUT2D eigenvalue weighted by molar-refractivity contribution is 0.0696. The summed E-state index contributed by atoms with van der Waals surface area (Å²) < 4.78 is 11.1. The van der Waals surface area contributed by atoms with Crippen molar-refractivity contribution in [1.82, 2.24) is 0 Å². The summed E-state index contributed by atoms with van der Waals surface area (Å²) >= 11 is 1.57. The predicted molar refractivity (Wildman–Crippen MR) is 79.7 cm³/mol. The van der Waals surface area contributed by atoms with E-state index in [1.165, 1.54) is 0 Å². The van der Waals surface area contributed by atoms with Crippen molar-refractivity contribution in [1.29, 1.82) is 0 Å². The zero-order valence-electron chi connectivity index (χ0n) is 11.5. The number of benzene rings is 2. The van der Waals surface area contributed by atoms with Crippen molar-refractivity contribution in [3.8, 4) is 11.5 Å². The first-order chi connectivity index (χ1) is 10.1. The van der Waals surface area contributed by atoms with Crippen LogP contribution < -0.4 is 9.47 Å². The normalized spacial score (nSPS) is 13.0. The minimum atomic E-state index is -0.900. The van der Waals surface area contributed by atoms with Gasteiger partial charge in [0.1, 0.15) is 13.2 Å². The topological polar surface area (TPSA) is 55.8 Å². The van der Waals surface area contributed by atoms with Crippen molar-refractivity contribution >= 4 is 17.7 Å². The third kappa shape index (κ3) is 2.97. The quantitative estimate of drug-likeness (QED) is 0.938. The number of aryl methyl sites for hydroxylation is 1. The Balaban J connectivity index is 1.83. The van der Waals surface area contributed by atoms with Crippen molar-refractivity contribution in [2.24, 2.45) is 0 Å². The number of rotatable bonds is 3. The summed E-state index contributed by atoms with van der Waals surface area (Å²) in [4.78, 5) is 13.0. The zero-order valence-corrected chi connectivity index (χ0v) is 12.3. The summed E-state index contributed by atoms with van der Waals surface area (Å²) in [5.74, 6) is 0.622. The monoisotopic (exact) mass is 302 g/mol. The number of fused-ring (bicyclic) bond motifs is 1. The lowest BCUT2D eigenvalue weighted by Gasteiger charge is -2.18. The highest BCUT2D eigenvalue weighted by molar-refractivity contribution is 7.99. The number of carboxylic acid groups (broad SMARTS) is 1. The molecule has 0 aliphatic carbocycles. The second kappa shape index (κ2) is 5.69. The number of aromatic carboxylic acids is 1. The van der Waals surface area contributed by atoms with Gasteiger partial charge >= 0.3 is 5.97 Å². The molecule has 0 amide bonds. The molecule has 1 aliphatic heterocycles. The molecule has 0 bridgehead atoms. The van der Waals surface area contributed by atoms with Gasteiger partial charge in [-0.1, -0.05) is 11.8 Å². The molecule has 3 rings (SSSR count). The van der Waals surface area contributed by atoms with Crippen LogP contribution in [0.15, 0.2) is 46.2 Å². The lowest BCUT2D eigenvalue weighted by atomic mass is 10.1. The van der Waals surface area contributed by atoms with Crippen molar-refractivity contribution in [2.75, 3.05) is 13.2 Å². The summed E-state index contributed by atoms with van der Waals surface area (Å²) in [5, 5.41) is 9.04. The van der Waals surface area contributed by atoms with Crippen LogP contribution in [0.5, 0.6) is 11.5 Å². The van der Waals surface area contributed by atoms with Crippen LogP contribution >= 0.6 is 11.8 Å². The molecule has 0 radical (unpaired) electrons. The van der Waals surface area contributed by atoms with Crippen LogP contribution in [-0.4, -0.2) is 24.3 Å². The van der Waals surface area contributed by atoms with E-state index in [-0.39, 0.29) is 0 Å². The lowest BCUT2D eigenvalue weighted by Crippen LogP contribution is -2.15. The summed E-state index contributed by atoms with van der Waals surface area (Å²) in [5.41, 5.74) is 1.09. The molecule has 2 aromatic carbocycles. The molecule has 0 fully saturated rings. The van der Waals surface area contributed by atoms with E-state index in [1.807, 2.05) is 30.3 Å². The van der Waals surface area contributed by atoms with E-state index in [4.69, 9.17) is 14.6 Å². The largest absolute Gasteiger partial charge is 0.486 e. The van der Waals surface area contributed by atoms with E-state index < -0.39 is 5.97 Å². The molecule has 0 saturated heterocycles. The third-order valence-electron chi connectivity index (χ3n) is 3.18. The van der Waals surface area contributed by atoms with Crippen LogP contribution in [0, 0.1) is 6.92 Å². The van der Waals surface area contributed by atoms with Gasteiger partial charge in [0.25, 0.3) is 0 Å². The molecule has 0 saturated carbocycles. The van der Waals surface area contributed by atoms with Gasteiger partial charge in [0.05, 0.1) is 5.56 Å². The van der Waals surface area contributed by atoms with E-state index in [2.05, 4.69) is 0 Å². The fraction of sp³-hybridized carbons (Fsp3) is 0.188. The first kappa shape index (κ1) is 13.8. The van der Waals surface area contributed by atoms with Gasteiger partial charge in [-0.15, -0.1) is 0 Å². The SMILES string of the molecule is Cc1cc(Sc2ccc3c(c2)OCCO3)ccc1C(=O)O. The van der Waals surface area contributed by atoms with Crippen LogP contribution in [0.2, 0.25) is 0 Å². The first-order valence-corrected chi connectivity index (χ1v) is 7.36. The maximum Gasteiger partial charge on any atom is 0.335 e. The molecular weight excluding hydrogens is 288 g/mol. The van der Waals surface area contributed by atoms with Gasteiger partial charge in [0, 0.05) is 9.79 Å². The second-order valence-corrected chi connectivity index (χ2v) is 5.84. The van der Waals surface area contributed by atoms with Crippen molar-refractivity contribution in [3.63, 3.8) is 0 Å². The molecule has 0 spiro atoms. The number of ether oxygens (including phenoxy) is 2. The van der Waals surface area contributed by atoms with Crippen LogP contribution in [0.3, 0.4) is 0 Å². The Kier molecular flexibility index (Phi) is 3.75. The van der Waals surface area contributed by atoms with E-state index in [9.17, 15) is 4.79 Å². The summed E-state index contributed by atoms with van der Waals surface area (Å²) in [6, 6.07) is 11.1. The zero-order chi connectivity index (χ0) is 14.8. The Morgan fingerprint density at radius 3 is 2.43 bits per heavy atom. The molecule has 1 heterocycles. The van der Waals surface area contributed by atoms with Crippen LogP contribution in [-0.2, 0) is 0 Å². The van der Waals surface area contributed by atoms with Gasteiger partial charge in [0.15, 0.2) is 11.5 Å². The summed E-state index contributed by atoms with van der Waals surface area (Å²) in [6.45, 7) is 2.94. The maximum absolute atomic E-state index is 11.0. The Bertz CT molecular complexity index is 697. The highest BCUT2D eigenvalue weighted by Crippen LogP contribution is 2.37. The Morgan fingerprint density at radius 1 is 1.05 bits per heavy atom. The van der Waals surface area contributed by atoms with Gasteiger partial charge in [-0.25, -0.2) is 4.79 Å². The molecule has 0 atom stereocenters. The Hall–Kier alpha value is -2.14. The predicted octanol–water partition coefficient (Wildman–Crippen LogP) is 3.62. The molecule has 1 N–H and O–H groups in total. The maximum atomic E-state index is 11.0. The standard InChI is InChI=1S/C16H14O4S/c1-10-8-11(2-4-13(10)16(17)18)21-12-3-5-14-15(9-12)20-7-6-19-14/h2-5,8-9H,6-7H2,1H3,(H,17,18). The molecular formula is C16H14O4S. The fourth-order valence-electron chi connectivity index (χ4n) is 2.16. The van der Waals surface area contributed by atoms with Gasteiger partial charge in [0.2, 0.25) is 0 Å². The minimum Gasteiger partial charge on any atom is -0.486 e. The summed E-state index contributed by atoms with van der Waals surface area (Å²) in [7, 11) is 0. The molecule has 21 heavy (non-hydrogen) atoms. The Morgan fingerprint density at radius 2 is 1.71 bits per heavy atom. The average molecular weight is 302 g/mol. The van der Waals surface area contributed by atoms with E-state index in [1.54, 1.807) is 24.8 Å². The van der Waals surface area contributed by atoms with Crippen LogP contribution in [0.25, 0.3) is 0 Å². The highest BCUT2D eigenvalue weighted by Gasteiger charge is 2.13. The Labute approximate surface area is 126 Å².